The Bertz CT molecular complexity index is 1110. The summed E-state index contributed by atoms with van der Waals surface area (Å²) >= 11 is 0. The van der Waals surface area contributed by atoms with Gasteiger partial charge in [-0.1, -0.05) is 36.4 Å². The summed E-state index contributed by atoms with van der Waals surface area (Å²) in [6, 6.07) is 14.3. The molecule has 2 aromatic carbocycles. The van der Waals surface area contributed by atoms with Crippen molar-refractivity contribution in [2.45, 2.75) is 25.3 Å². The lowest BCUT2D eigenvalue weighted by atomic mass is 9.93. The first kappa shape index (κ1) is 25.0. The highest BCUT2D eigenvalue weighted by Gasteiger charge is 2.23. The lowest BCUT2D eigenvalue weighted by Gasteiger charge is -2.32. The number of fused-ring (bicyclic) bond motifs is 1. The molecular weight excluding hydrogens is 457 g/mol. The Kier molecular flexibility index (Phi) is 8.67. The van der Waals surface area contributed by atoms with Gasteiger partial charge < -0.3 is 15.5 Å². The lowest BCUT2D eigenvalue weighted by molar-refractivity contribution is 0.0932. The van der Waals surface area contributed by atoms with E-state index in [0.717, 1.165) is 67.7 Å². The van der Waals surface area contributed by atoms with Crippen molar-refractivity contribution < 1.29 is 4.79 Å². The number of benzene rings is 2. The van der Waals surface area contributed by atoms with E-state index in [2.05, 4.69) is 55.8 Å². The molecule has 0 bridgehead atoms. The zero-order valence-corrected chi connectivity index (χ0v) is 20.0. The SMILES string of the molecule is Cl.Cl.O=C(NC1CCN(c2ncccn2)CC1)c1cccc2c(C3=CCCNC3)cccc12. The zero-order valence-electron chi connectivity index (χ0n) is 18.4. The molecule has 5 rings (SSSR count). The predicted octanol–water partition coefficient (Wildman–Crippen LogP) is 4.25. The summed E-state index contributed by atoms with van der Waals surface area (Å²) in [4.78, 5) is 24.0. The maximum absolute atomic E-state index is 13.2. The van der Waals surface area contributed by atoms with E-state index in [1.807, 2.05) is 18.2 Å². The number of hydrogen-bond donors (Lipinski definition) is 2. The van der Waals surface area contributed by atoms with Gasteiger partial charge in [0.1, 0.15) is 0 Å². The minimum absolute atomic E-state index is 0. The molecule has 0 aliphatic carbocycles. The van der Waals surface area contributed by atoms with E-state index in [1.54, 1.807) is 12.4 Å². The molecule has 8 heteroatoms. The highest BCUT2D eigenvalue weighted by molar-refractivity contribution is 6.09. The number of anilines is 1. The molecule has 3 heterocycles. The molecule has 2 N–H and O–H groups in total. The number of carbonyl (C=O) groups is 1. The highest BCUT2D eigenvalue weighted by atomic mass is 35.5. The molecule has 0 spiro atoms. The molecule has 3 aromatic rings. The number of piperidine rings is 1. The molecule has 2 aliphatic rings. The highest BCUT2D eigenvalue weighted by Crippen LogP contribution is 2.28. The summed E-state index contributed by atoms with van der Waals surface area (Å²) < 4.78 is 0. The fourth-order valence-corrected chi connectivity index (χ4v) is 4.58. The van der Waals surface area contributed by atoms with E-state index in [4.69, 9.17) is 0 Å². The third-order valence-corrected chi connectivity index (χ3v) is 6.21. The van der Waals surface area contributed by atoms with Crippen LogP contribution in [0.15, 0.2) is 60.9 Å². The van der Waals surface area contributed by atoms with Crippen LogP contribution in [-0.2, 0) is 0 Å². The van der Waals surface area contributed by atoms with Gasteiger partial charge in [0.15, 0.2) is 0 Å². The Morgan fingerprint density at radius 1 is 0.970 bits per heavy atom. The van der Waals surface area contributed by atoms with Gasteiger partial charge in [-0.2, -0.15) is 0 Å². The molecule has 1 amide bonds. The molecule has 0 unspecified atom stereocenters. The minimum Gasteiger partial charge on any atom is -0.349 e. The van der Waals surface area contributed by atoms with Gasteiger partial charge in [-0.25, -0.2) is 9.97 Å². The molecule has 6 nitrogen and oxygen atoms in total. The first-order valence-electron chi connectivity index (χ1n) is 11.0. The van der Waals surface area contributed by atoms with Gasteiger partial charge in [0.25, 0.3) is 5.91 Å². The van der Waals surface area contributed by atoms with Gasteiger partial charge in [-0.3, -0.25) is 4.79 Å². The summed E-state index contributed by atoms with van der Waals surface area (Å²) in [6.45, 7) is 3.59. The van der Waals surface area contributed by atoms with Crippen molar-refractivity contribution in [3.8, 4) is 0 Å². The monoisotopic (exact) mass is 485 g/mol. The second-order valence-electron chi connectivity index (χ2n) is 8.18. The second-order valence-corrected chi connectivity index (χ2v) is 8.18. The number of halogens is 2. The Hall–Kier alpha value is -2.67. The molecule has 33 heavy (non-hydrogen) atoms. The fourth-order valence-electron chi connectivity index (χ4n) is 4.58. The van der Waals surface area contributed by atoms with Crippen LogP contribution in [0.3, 0.4) is 0 Å². The van der Waals surface area contributed by atoms with Gasteiger partial charge in [-0.05, 0) is 59.8 Å². The molecule has 1 saturated heterocycles. The first-order valence-corrected chi connectivity index (χ1v) is 11.0. The minimum atomic E-state index is 0. The fraction of sp³-hybridized carbons (Fsp3) is 0.320. The Balaban J connectivity index is 0.00000153. The van der Waals surface area contributed by atoms with Crippen LogP contribution in [0.1, 0.15) is 35.2 Å². The third-order valence-electron chi connectivity index (χ3n) is 6.21. The maximum Gasteiger partial charge on any atom is 0.252 e. The molecule has 0 saturated carbocycles. The largest absolute Gasteiger partial charge is 0.349 e. The summed E-state index contributed by atoms with van der Waals surface area (Å²) in [5.41, 5.74) is 3.28. The van der Waals surface area contributed by atoms with Crippen LogP contribution in [0.4, 0.5) is 5.95 Å². The van der Waals surface area contributed by atoms with Crippen molar-refractivity contribution in [2.75, 3.05) is 31.1 Å². The van der Waals surface area contributed by atoms with Crippen LogP contribution in [0.5, 0.6) is 0 Å². The van der Waals surface area contributed by atoms with E-state index in [1.165, 1.54) is 11.1 Å². The van der Waals surface area contributed by atoms with Crippen molar-refractivity contribution in [3.63, 3.8) is 0 Å². The molecule has 2 aliphatic heterocycles. The summed E-state index contributed by atoms with van der Waals surface area (Å²) in [5.74, 6) is 0.772. The molecule has 0 radical (unpaired) electrons. The van der Waals surface area contributed by atoms with Crippen LogP contribution in [0.2, 0.25) is 0 Å². The van der Waals surface area contributed by atoms with Crippen molar-refractivity contribution in [1.82, 2.24) is 20.6 Å². The average molecular weight is 486 g/mol. The second kappa shape index (κ2) is 11.5. The van der Waals surface area contributed by atoms with Crippen LogP contribution < -0.4 is 15.5 Å². The van der Waals surface area contributed by atoms with Crippen molar-refractivity contribution in [1.29, 1.82) is 0 Å². The molecule has 174 valence electrons. The van der Waals surface area contributed by atoms with Crippen molar-refractivity contribution in [3.05, 3.63) is 72.1 Å². The summed E-state index contributed by atoms with van der Waals surface area (Å²) in [6.07, 6.45) is 8.66. The number of hydrogen-bond acceptors (Lipinski definition) is 5. The number of nitrogens with zero attached hydrogens (tertiary/aromatic N) is 3. The topological polar surface area (TPSA) is 70.2 Å². The maximum atomic E-state index is 13.2. The number of carbonyl (C=O) groups excluding carboxylic acids is 1. The third kappa shape index (κ3) is 5.46. The van der Waals surface area contributed by atoms with Crippen molar-refractivity contribution >= 4 is 53.0 Å². The molecule has 0 atom stereocenters. The number of aromatic nitrogens is 2. The Morgan fingerprint density at radius 2 is 1.70 bits per heavy atom. The quantitative estimate of drug-likeness (QED) is 0.577. The van der Waals surface area contributed by atoms with Gasteiger partial charge >= 0.3 is 0 Å². The summed E-state index contributed by atoms with van der Waals surface area (Å²) in [5, 5.41) is 8.86. The van der Waals surface area contributed by atoms with Gasteiger partial charge in [-0.15, -0.1) is 24.8 Å². The van der Waals surface area contributed by atoms with E-state index in [9.17, 15) is 4.79 Å². The first-order chi connectivity index (χ1) is 15.3. The van der Waals surface area contributed by atoms with E-state index < -0.39 is 0 Å². The van der Waals surface area contributed by atoms with E-state index >= 15 is 0 Å². The standard InChI is InChI=1S/C25H27N5O.2ClH/c31-24(29-19-10-15-30(16-11-19)25-27-13-4-14-28-25)23-9-2-7-21-20(6-1-8-22(21)23)18-5-3-12-26-17-18;;/h1-2,4-9,13-14,19,26H,3,10-12,15-17H2,(H,29,31);2*1H. The normalized spacial score (nSPS) is 16.4. The van der Waals surface area contributed by atoms with Gasteiger partial charge in [0.2, 0.25) is 5.95 Å². The van der Waals surface area contributed by atoms with Crippen LogP contribution in [0.25, 0.3) is 16.3 Å². The van der Waals surface area contributed by atoms with E-state index in [-0.39, 0.29) is 36.8 Å². The smallest absolute Gasteiger partial charge is 0.252 e. The number of rotatable bonds is 4. The lowest BCUT2D eigenvalue weighted by Crippen LogP contribution is -2.45. The molecule has 1 fully saturated rings. The van der Waals surface area contributed by atoms with Crippen LogP contribution in [0, 0.1) is 0 Å². The van der Waals surface area contributed by atoms with Crippen LogP contribution >= 0.6 is 24.8 Å². The molecule has 1 aromatic heterocycles. The molecular formula is C25H29Cl2N5O. The van der Waals surface area contributed by atoms with Crippen LogP contribution in [-0.4, -0.2) is 48.1 Å². The predicted molar refractivity (Wildman–Crippen MR) is 139 cm³/mol. The zero-order chi connectivity index (χ0) is 21.0. The number of nitrogens with one attached hydrogen (secondary N) is 2. The Labute approximate surface area is 206 Å². The van der Waals surface area contributed by atoms with Gasteiger partial charge in [0.05, 0.1) is 0 Å². The van der Waals surface area contributed by atoms with E-state index in [0.29, 0.717) is 0 Å². The average Bonchev–Trinajstić information content (AvgIpc) is 2.85. The summed E-state index contributed by atoms with van der Waals surface area (Å²) in [7, 11) is 0. The van der Waals surface area contributed by atoms with Crippen molar-refractivity contribution in [2.24, 2.45) is 0 Å². The van der Waals surface area contributed by atoms with Gasteiger partial charge in [0, 0.05) is 43.6 Å². The Morgan fingerprint density at radius 3 is 2.42 bits per heavy atom. The number of amides is 1.